The number of furan rings is 1. The minimum absolute atomic E-state index is 0.184. The highest BCUT2D eigenvalue weighted by molar-refractivity contribution is 5.91. The van der Waals surface area contributed by atoms with Crippen molar-refractivity contribution in [2.45, 2.75) is 6.54 Å². The number of nitrogens with zero attached hydrogens (tertiary/aromatic N) is 2. The summed E-state index contributed by atoms with van der Waals surface area (Å²) < 4.78 is 24.4. The second-order valence-corrected chi connectivity index (χ2v) is 6.23. The zero-order chi connectivity index (χ0) is 18.4. The van der Waals surface area contributed by atoms with Crippen molar-refractivity contribution < 1.29 is 18.3 Å². The minimum Gasteiger partial charge on any atom is -0.455 e. The van der Waals surface area contributed by atoms with Crippen molar-refractivity contribution in [2.24, 2.45) is 0 Å². The fourth-order valence-electron chi connectivity index (χ4n) is 3.01. The lowest BCUT2D eigenvalue weighted by Crippen LogP contribution is -2.46. The first-order valence-corrected chi connectivity index (χ1v) is 8.75. The third-order valence-electron chi connectivity index (χ3n) is 4.42. The summed E-state index contributed by atoms with van der Waals surface area (Å²) in [5, 5.41) is 2.73. The van der Waals surface area contributed by atoms with Gasteiger partial charge in [0.2, 0.25) is 0 Å². The van der Waals surface area contributed by atoms with Crippen LogP contribution in [0.25, 0.3) is 0 Å². The molecule has 7 heteroatoms. The van der Waals surface area contributed by atoms with Gasteiger partial charge in [-0.3, -0.25) is 9.69 Å². The van der Waals surface area contributed by atoms with Crippen LogP contribution in [0.1, 0.15) is 16.3 Å². The SMILES string of the molecule is COCCNC(=O)c1ccc(CN2CCN(c3ccccc3F)CC2)o1. The molecule has 26 heavy (non-hydrogen) atoms. The molecule has 0 spiro atoms. The van der Waals surface area contributed by atoms with Gasteiger partial charge < -0.3 is 19.4 Å². The van der Waals surface area contributed by atoms with Crippen molar-refractivity contribution >= 4 is 11.6 Å². The molecule has 1 fully saturated rings. The molecule has 0 aliphatic carbocycles. The maximum absolute atomic E-state index is 13.9. The van der Waals surface area contributed by atoms with Crippen LogP contribution in [0.5, 0.6) is 0 Å². The van der Waals surface area contributed by atoms with Gasteiger partial charge in [-0.1, -0.05) is 12.1 Å². The van der Waals surface area contributed by atoms with Crippen LogP contribution in [0, 0.1) is 5.82 Å². The topological polar surface area (TPSA) is 58.0 Å². The molecule has 0 saturated carbocycles. The predicted molar refractivity (Wildman–Crippen MR) is 96.8 cm³/mol. The van der Waals surface area contributed by atoms with Crippen molar-refractivity contribution in [3.63, 3.8) is 0 Å². The third-order valence-corrected chi connectivity index (χ3v) is 4.42. The fraction of sp³-hybridized carbons (Fsp3) is 0.421. The van der Waals surface area contributed by atoms with Crippen molar-refractivity contribution in [2.75, 3.05) is 51.3 Å². The standard InChI is InChI=1S/C19H24FN3O3/c1-25-13-8-21-19(24)18-7-6-15(26-18)14-22-9-11-23(12-10-22)17-5-3-2-4-16(17)20/h2-7H,8-14H2,1H3,(H,21,24). The Kier molecular flexibility index (Phi) is 6.25. The number of carbonyl (C=O) groups is 1. The number of hydrogen-bond acceptors (Lipinski definition) is 5. The van der Waals surface area contributed by atoms with Crippen molar-refractivity contribution in [3.05, 3.63) is 53.7 Å². The molecule has 140 valence electrons. The summed E-state index contributed by atoms with van der Waals surface area (Å²) >= 11 is 0. The van der Waals surface area contributed by atoms with Gasteiger partial charge in [0.1, 0.15) is 11.6 Å². The summed E-state index contributed by atoms with van der Waals surface area (Å²) in [7, 11) is 1.59. The number of carbonyl (C=O) groups excluding carboxylic acids is 1. The lowest BCUT2D eigenvalue weighted by Gasteiger charge is -2.35. The Labute approximate surface area is 152 Å². The summed E-state index contributed by atoms with van der Waals surface area (Å²) in [6.45, 7) is 4.68. The molecule has 0 unspecified atom stereocenters. The van der Waals surface area contributed by atoms with E-state index in [-0.39, 0.29) is 11.7 Å². The number of nitrogens with one attached hydrogen (secondary N) is 1. The van der Waals surface area contributed by atoms with Crippen LogP contribution in [0.4, 0.5) is 10.1 Å². The lowest BCUT2D eigenvalue weighted by atomic mass is 10.2. The first-order chi connectivity index (χ1) is 12.7. The number of hydrogen-bond donors (Lipinski definition) is 1. The molecular weight excluding hydrogens is 337 g/mol. The summed E-state index contributed by atoms with van der Waals surface area (Å²) in [5.41, 5.74) is 0.653. The fourth-order valence-corrected chi connectivity index (χ4v) is 3.01. The molecule has 1 aromatic carbocycles. The molecule has 1 aliphatic heterocycles. The highest BCUT2D eigenvalue weighted by Crippen LogP contribution is 2.21. The first-order valence-electron chi connectivity index (χ1n) is 8.75. The molecule has 0 atom stereocenters. The van der Waals surface area contributed by atoms with E-state index in [2.05, 4.69) is 15.1 Å². The van der Waals surface area contributed by atoms with Gasteiger partial charge in [0, 0.05) is 39.8 Å². The van der Waals surface area contributed by atoms with Gasteiger partial charge in [-0.05, 0) is 24.3 Å². The van der Waals surface area contributed by atoms with E-state index in [9.17, 15) is 9.18 Å². The average molecular weight is 361 g/mol. The van der Waals surface area contributed by atoms with Crippen LogP contribution in [0.3, 0.4) is 0 Å². The molecule has 6 nitrogen and oxygen atoms in total. The Morgan fingerprint density at radius 1 is 1.19 bits per heavy atom. The zero-order valence-corrected chi connectivity index (χ0v) is 14.9. The zero-order valence-electron chi connectivity index (χ0n) is 14.9. The molecule has 1 aliphatic rings. The number of piperazine rings is 1. The van der Waals surface area contributed by atoms with Gasteiger partial charge in [-0.2, -0.15) is 0 Å². The van der Waals surface area contributed by atoms with Crippen molar-refractivity contribution in [3.8, 4) is 0 Å². The molecular formula is C19H24FN3O3. The second kappa shape index (κ2) is 8.82. The van der Waals surface area contributed by atoms with Crippen molar-refractivity contribution in [1.29, 1.82) is 0 Å². The Morgan fingerprint density at radius 3 is 2.69 bits per heavy atom. The lowest BCUT2D eigenvalue weighted by molar-refractivity contribution is 0.0905. The average Bonchev–Trinajstić information content (AvgIpc) is 3.12. The van der Waals surface area contributed by atoms with Gasteiger partial charge in [-0.15, -0.1) is 0 Å². The Morgan fingerprint density at radius 2 is 1.96 bits per heavy atom. The molecule has 1 saturated heterocycles. The highest BCUT2D eigenvalue weighted by Gasteiger charge is 2.20. The summed E-state index contributed by atoms with van der Waals surface area (Å²) in [4.78, 5) is 16.2. The summed E-state index contributed by atoms with van der Waals surface area (Å²) in [6, 6.07) is 10.4. The normalized spacial score (nSPS) is 15.2. The number of amides is 1. The number of benzene rings is 1. The van der Waals surface area contributed by atoms with Crippen molar-refractivity contribution in [1.82, 2.24) is 10.2 Å². The third kappa shape index (κ3) is 4.62. The second-order valence-electron chi connectivity index (χ2n) is 6.23. The molecule has 0 bridgehead atoms. The Hall–Kier alpha value is -2.38. The van der Waals surface area contributed by atoms with E-state index in [4.69, 9.17) is 9.15 Å². The quantitative estimate of drug-likeness (QED) is 0.766. The maximum atomic E-state index is 13.9. The number of rotatable bonds is 7. The van der Waals surface area contributed by atoms with E-state index in [1.165, 1.54) is 6.07 Å². The predicted octanol–water partition coefficient (Wildman–Crippen LogP) is 2.12. The Bertz CT molecular complexity index is 726. The van der Waals surface area contributed by atoms with E-state index in [0.29, 0.717) is 31.1 Å². The maximum Gasteiger partial charge on any atom is 0.287 e. The number of ether oxygens (including phenoxy) is 1. The monoisotopic (exact) mass is 361 g/mol. The van der Waals surface area contributed by atoms with Gasteiger partial charge in [0.05, 0.1) is 18.8 Å². The highest BCUT2D eigenvalue weighted by atomic mass is 19.1. The Balaban J connectivity index is 1.49. The van der Waals surface area contributed by atoms with Crippen LogP contribution in [-0.4, -0.2) is 57.2 Å². The van der Waals surface area contributed by atoms with Crippen LogP contribution in [0.15, 0.2) is 40.8 Å². The van der Waals surface area contributed by atoms with E-state index in [1.54, 1.807) is 19.2 Å². The number of methoxy groups -OCH3 is 1. The van der Waals surface area contributed by atoms with Crippen LogP contribution < -0.4 is 10.2 Å². The van der Waals surface area contributed by atoms with Gasteiger partial charge in [0.15, 0.2) is 5.76 Å². The molecule has 1 N–H and O–H groups in total. The smallest absolute Gasteiger partial charge is 0.287 e. The minimum atomic E-state index is -0.238. The van der Waals surface area contributed by atoms with E-state index >= 15 is 0 Å². The summed E-state index contributed by atoms with van der Waals surface area (Å²) in [6.07, 6.45) is 0. The largest absolute Gasteiger partial charge is 0.455 e. The van der Waals surface area contributed by atoms with Gasteiger partial charge >= 0.3 is 0 Å². The van der Waals surface area contributed by atoms with Gasteiger partial charge in [0.25, 0.3) is 5.91 Å². The van der Waals surface area contributed by atoms with Crippen LogP contribution >= 0.6 is 0 Å². The van der Waals surface area contributed by atoms with E-state index < -0.39 is 0 Å². The van der Waals surface area contributed by atoms with Crippen LogP contribution in [0.2, 0.25) is 0 Å². The van der Waals surface area contributed by atoms with Crippen LogP contribution in [-0.2, 0) is 11.3 Å². The molecule has 1 amide bonds. The molecule has 0 radical (unpaired) electrons. The molecule has 1 aromatic heterocycles. The molecule has 3 rings (SSSR count). The van der Waals surface area contributed by atoms with E-state index in [0.717, 1.165) is 31.9 Å². The number of para-hydroxylation sites is 1. The summed E-state index contributed by atoms with van der Waals surface area (Å²) in [5.74, 6) is 0.635. The number of anilines is 1. The van der Waals surface area contributed by atoms with Gasteiger partial charge in [-0.25, -0.2) is 4.39 Å². The number of halogens is 1. The first kappa shape index (κ1) is 18.4. The molecule has 2 aromatic rings. The molecule has 2 heterocycles. The van der Waals surface area contributed by atoms with E-state index in [1.807, 2.05) is 18.2 Å².